The third-order valence-electron chi connectivity index (χ3n) is 4.93. The largest absolute Gasteiger partial charge is 0.308 e. The lowest BCUT2D eigenvalue weighted by atomic mass is 9.60. The van der Waals surface area contributed by atoms with Crippen LogP contribution in [-0.4, -0.2) is 36.1 Å². The zero-order valence-corrected chi connectivity index (χ0v) is 10.1. The Morgan fingerprint density at radius 1 is 1.29 bits per heavy atom. The summed E-state index contributed by atoms with van der Waals surface area (Å²) in [6.45, 7) is 9.57. The maximum Gasteiger partial charge on any atom is 0.0512 e. The number of rotatable bonds is 1. The Balaban J connectivity index is 2.22. The summed E-state index contributed by atoms with van der Waals surface area (Å²) in [5.41, 5.74) is 0.793. The summed E-state index contributed by atoms with van der Waals surface area (Å²) in [4.78, 5) is 2.60. The molecule has 1 spiro atoms. The van der Waals surface area contributed by atoms with Crippen molar-refractivity contribution < 1.29 is 0 Å². The highest BCUT2D eigenvalue weighted by Gasteiger charge is 2.59. The normalized spacial score (nSPS) is 44.4. The van der Waals surface area contributed by atoms with Crippen molar-refractivity contribution in [3.63, 3.8) is 0 Å². The molecule has 0 aromatic rings. The second-order valence-corrected chi connectivity index (χ2v) is 5.62. The van der Waals surface area contributed by atoms with Crippen LogP contribution in [0, 0.1) is 5.92 Å². The first kappa shape index (κ1) is 10.4. The Morgan fingerprint density at radius 2 is 2.00 bits per heavy atom. The lowest BCUT2D eigenvalue weighted by Crippen LogP contribution is -2.84. The van der Waals surface area contributed by atoms with Crippen molar-refractivity contribution in [3.05, 3.63) is 0 Å². The Bertz CT molecular complexity index is 226. The molecule has 2 saturated heterocycles. The van der Waals surface area contributed by atoms with Gasteiger partial charge in [-0.25, -0.2) is 0 Å². The third kappa shape index (κ3) is 1.10. The number of piperidine rings is 1. The van der Waals surface area contributed by atoms with Crippen LogP contribution in [0.3, 0.4) is 0 Å². The number of nitrogens with one attached hydrogen (secondary N) is 1. The highest BCUT2D eigenvalue weighted by atomic mass is 15.3. The molecule has 2 heteroatoms. The van der Waals surface area contributed by atoms with E-state index in [9.17, 15) is 0 Å². The van der Waals surface area contributed by atoms with Crippen LogP contribution in [0.15, 0.2) is 0 Å². The zero-order valence-electron chi connectivity index (χ0n) is 10.1. The molecule has 1 unspecified atom stereocenters. The van der Waals surface area contributed by atoms with Crippen molar-refractivity contribution in [2.75, 3.05) is 20.1 Å². The maximum absolute atomic E-state index is 3.67. The van der Waals surface area contributed by atoms with Gasteiger partial charge in [-0.1, -0.05) is 20.3 Å². The van der Waals surface area contributed by atoms with E-state index < -0.39 is 0 Å². The maximum atomic E-state index is 3.67. The van der Waals surface area contributed by atoms with Crippen molar-refractivity contribution in [3.8, 4) is 0 Å². The molecule has 2 aliphatic rings. The Labute approximate surface area is 88.1 Å². The minimum absolute atomic E-state index is 0.335. The minimum atomic E-state index is 0.335. The smallest absolute Gasteiger partial charge is 0.0512 e. The van der Waals surface area contributed by atoms with Gasteiger partial charge in [-0.3, -0.25) is 4.90 Å². The van der Waals surface area contributed by atoms with Crippen LogP contribution in [0.4, 0.5) is 0 Å². The van der Waals surface area contributed by atoms with Crippen LogP contribution < -0.4 is 5.32 Å². The van der Waals surface area contributed by atoms with Gasteiger partial charge in [0.15, 0.2) is 0 Å². The van der Waals surface area contributed by atoms with Gasteiger partial charge in [0.1, 0.15) is 0 Å². The summed E-state index contributed by atoms with van der Waals surface area (Å²) < 4.78 is 0. The van der Waals surface area contributed by atoms with Gasteiger partial charge in [0.2, 0.25) is 0 Å². The van der Waals surface area contributed by atoms with Crippen LogP contribution in [0.1, 0.15) is 40.0 Å². The lowest BCUT2D eigenvalue weighted by molar-refractivity contribution is -0.0966. The predicted molar refractivity (Wildman–Crippen MR) is 60.5 cm³/mol. The molecule has 0 aromatic carbocycles. The molecule has 2 rings (SSSR count). The highest BCUT2D eigenvalue weighted by Crippen LogP contribution is 2.45. The van der Waals surface area contributed by atoms with Crippen LogP contribution in [0.25, 0.3) is 0 Å². The van der Waals surface area contributed by atoms with Crippen molar-refractivity contribution in [1.82, 2.24) is 10.2 Å². The van der Waals surface area contributed by atoms with Gasteiger partial charge in [-0.05, 0) is 39.3 Å². The van der Waals surface area contributed by atoms with Gasteiger partial charge in [0, 0.05) is 12.1 Å². The summed E-state index contributed by atoms with van der Waals surface area (Å²) in [5, 5.41) is 3.67. The molecule has 1 N–H and O–H groups in total. The van der Waals surface area contributed by atoms with Crippen molar-refractivity contribution >= 4 is 0 Å². The van der Waals surface area contributed by atoms with Crippen LogP contribution in [0.5, 0.6) is 0 Å². The van der Waals surface area contributed by atoms with Gasteiger partial charge < -0.3 is 5.32 Å². The van der Waals surface area contributed by atoms with Gasteiger partial charge >= 0.3 is 0 Å². The fourth-order valence-corrected chi connectivity index (χ4v) is 3.36. The Hall–Kier alpha value is -0.0800. The van der Waals surface area contributed by atoms with Gasteiger partial charge in [-0.2, -0.15) is 0 Å². The number of likely N-dealkylation sites (tertiary alicyclic amines) is 1. The van der Waals surface area contributed by atoms with Crippen molar-refractivity contribution in [2.24, 2.45) is 5.92 Å². The van der Waals surface area contributed by atoms with Gasteiger partial charge in [0.05, 0.1) is 5.54 Å². The highest BCUT2D eigenvalue weighted by molar-refractivity contribution is 5.20. The first-order valence-electron chi connectivity index (χ1n) is 5.99. The molecule has 2 atom stereocenters. The first-order chi connectivity index (χ1) is 6.53. The van der Waals surface area contributed by atoms with E-state index in [2.05, 4.69) is 38.0 Å². The summed E-state index contributed by atoms with van der Waals surface area (Å²) >= 11 is 0. The molecule has 0 saturated carbocycles. The number of nitrogens with zero attached hydrogens (tertiary/aromatic N) is 1. The van der Waals surface area contributed by atoms with E-state index in [1.807, 2.05) is 0 Å². The van der Waals surface area contributed by atoms with E-state index in [1.54, 1.807) is 0 Å². The van der Waals surface area contributed by atoms with Crippen molar-refractivity contribution in [1.29, 1.82) is 0 Å². The monoisotopic (exact) mass is 196 g/mol. The molecule has 0 bridgehead atoms. The standard InChI is InChI=1S/C12H24N2/c1-10(2)11(3)12(9-13-11)7-5-6-8-14(12)4/h10,13H,5-9H2,1-4H3/t11-,12?/m1/s1. The number of hydrogen-bond acceptors (Lipinski definition) is 2. The van der Waals surface area contributed by atoms with Crippen molar-refractivity contribution in [2.45, 2.75) is 51.1 Å². The molecule has 2 fully saturated rings. The van der Waals surface area contributed by atoms with E-state index in [-0.39, 0.29) is 0 Å². The van der Waals surface area contributed by atoms with E-state index in [0.717, 1.165) is 5.92 Å². The van der Waals surface area contributed by atoms with E-state index in [1.165, 1.54) is 32.4 Å². The SMILES string of the molecule is CC(C)[C@@]1(C)NCC12CCCCN2C. The van der Waals surface area contributed by atoms with Gasteiger partial charge in [0.25, 0.3) is 0 Å². The summed E-state index contributed by atoms with van der Waals surface area (Å²) in [5.74, 6) is 0.719. The van der Waals surface area contributed by atoms with Gasteiger partial charge in [-0.15, -0.1) is 0 Å². The molecule has 2 nitrogen and oxygen atoms in total. The second-order valence-electron chi connectivity index (χ2n) is 5.62. The molecule has 14 heavy (non-hydrogen) atoms. The molecule has 2 aliphatic heterocycles. The van der Waals surface area contributed by atoms with E-state index in [4.69, 9.17) is 0 Å². The topological polar surface area (TPSA) is 15.3 Å². The zero-order chi connectivity index (χ0) is 10.4. The third-order valence-corrected chi connectivity index (χ3v) is 4.93. The quantitative estimate of drug-likeness (QED) is 0.688. The average molecular weight is 196 g/mol. The molecule has 0 amide bonds. The first-order valence-corrected chi connectivity index (χ1v) is 5.99. The van der Waals surface area contributed by atoms with E-state index >= 15 is 0 Å². The molecular weight excluding hydrogens is 172 g/mol. The molecule has 82 valence electrons. The van der Waals surface area contributed by atoms with Crippen LogP contribution >= 0.6 is 0 Å². The fourth-order valence-electron chi connectivity index (χ4n) is 3.36. The summed E-state index contributed by atoms with van der Waals surface area (Å²) in [6.07, 6.45) is 4.17. The fraction of sp³-hybridized carbons (Fsp3) is 1.00. The molecule has 0 aliphatic carbocycles. The van der Waals surface area contributed by atoms with Crippen LogP contribution in [0.2, 0.25) is 0 Å². The Kier molecular flexibility index (Phi) is 2.39. The number of likely N-dealkylation sites (N-methyl/N-ethyl adjacent to an activating group) is 1. The Morgan fingerprint density at radius 3 is 2.43 bits per heavy atom. The van der Waals surface area contributed by atoms with Crippen LogP contribution in [-0.2, 0) is 0 Å². The molecule has 2 heterocycles. The van der Waals surface area contributed by atoms with E-state index in [0.29, 0.717) is 11.1 Å². The summed E-state index contributed by atoms with van der Waals surface area (Å²) in [6, 6.07) is 0. The average Bonchev–Trinajstić information content (AvgIpc) is 2.15. The predicted octanol–water partition coefficient (Wildman–Crippen LogP) is 1.86. The summed E-state index contributed by atoms with van der Waals surface area (Å²) in [7, 11) is 2.31. The molecule has 0 aromatic heterocycles. The second kappa shape index (κ2) is 3.21. The molecular formula is C12H24N2. The molecule has 0 radical (unpaired) electrons. The lowest BCUT2D eigenvalue weighted by Gasteiger charge is -2.66. The number of hydrogen-bond donors (Lipinski definition) is 1. The minimum Gasteiger partial charge on any atom is -0.308 e.